The van der Waals surface area contributed by atoms with Crippen LogP contribution in [0.4, 0.5) is 4.39 Å². The maximum Gasteiger partial charge on any atom is 0.274 e. The van der Waals surface area contributed by atoms with Crippen LogP contribution in [-0.2, 0) is 10.2 Å². The predicted octanol–water partition coefficient (Wildman–Crippen LogP) is 0.688. The number of nitrogens with two attached hydrogens (primary N) is 1. The molecule has 1 aromatic rings. The molecule has 0 amide bonds. The molecule has 1 unspecified atom stereocenters. The third kappa shape index (κ3) is 2.74. The number of ether oxygens (including phenoxy) is 1. The van der Waals surface area contributed by atoms with Gasteiger partial charge in [-0.2, -0.15) is 13.1 Å². The van der Waals surface area contributed by atoms with Crippen molar-refractivity contribution in [2.24, 2.45) is 11.1 Å². The second-order valence-electron chi connectivity index (χ2n) is 4.11. The zero-order chi connectivity index (χ0) is 12.6. The summed E-state index contributed by atoms with van der Waals surface area (Å²) in [5, 5.41) is 4.96. The molecule has 2 atom stereocenters. The van der Waals surface area contributed by atoms with Gasteiger partial charge in [0.1, 0.15) is 11.6 Å². The molecule has 1 aliphatic heterocycles. The van der Waals surface area contributed by atoms with Gasteiger partial charge in [-0.15, -0.1) is 0 Å². The van der Waals surface area contributed by atoms with Crippen molar-refractivity contribution in [3.63, 3.8) is 0 Å². The summed E-state index contributed by atoms with van der Waals surface area (Å²) in [4.78, 5) is 0. The van der Waals surface area contributed by atoms with Gasteiger partial charge in [0.25, 0.3) is 10.2 Å². The Morgan fingerprint density at radius 2 is 2.24 bits per heavy atom. The van der Waals surface area contributed by atoms with Crippen molar-refractivity contribution >= 4 is 10.2 Å². The number of rotatable bonds is 2. The van der Waals surface area contributed by atoms with Crippen molar-refractivity contribution in [2.75, 3.05) is 6.61 Å². The van der Waals surface area contributed by atoms with Crippen LogP contribution in [0.25, 0.3) is 0 Å². The SMILES string of the molecule is C[C@H]1COc2cc(F)ccc2C1NS(N)(=O)=O. The number of nitrogens with one attached hydrogen (secondary N) is 1. The van der Waals surface area contributed by atoms with Gasteiger partial charge in [-0.25, -0.2) is 9.53 Å². The van der Waals surface area contributed by atoms with Gasteiger partial charge in [0, 0.05) is 17.5 Å². The Labute approximate surface area is 99.0 Å². The van der Waals surface area contributed by atoms with Crippen LogP contribution >= 0.6 is 0 Å². The van der Waals surface area contributed by atoms with E-state index in [-0.39, 0.29) is 5.92 Å². The standard InChI is InChI=1S/C10H13FN2O3S/c1-6-5-16-9-4-7(11)2-3-8(9)10(6)13-17(12,14)15/h2-4,6,10,13H,5H2,1H3,(H2,12,14,15)/t6-,10?/m0/s1. The van der Waals surface area contributed by atoms with E-state index in [0.29, 0.717) is 17.9 Å². The molecule has 5 nitrogen and oxygen atoms in total. The molecular formula is C10H13FN2O3S. The second kappa shape index (κ2) is 4.25. The monoisotopic (exact) mass is 260 g/mol. The Kier molecular flexibility index (Phi) is 3.07. The van der Waals surface area contributed by atoms with Crippen molar-refractivity contribution in [3.05, 3.63) is 29.6 Å². The molecule has 0 saturated carbocycles. The molecule has 0 fully saturated rings. The highest BCUT2D eigenvalue weighted by Gasteiger charge is 2.30. The fourth-order valence-electron chi connectivity index (χ4n) is 1.87. The maximum absolute atomic E-state index is 13.0. The molecule has 0 saturated heterocycles. The van der Waals surface area contributed by atoms with E-state index in [2.05, 4.69) is 4.72 Å². The van der Waals surface area contributed by atoms with Crippen LogP contribution < -0.4 is 14.6 Å². The number of hydrogen-bond acceptors (Lipinski definition) is 3. The van der Waals surface area contributed by atoms with Gasteiger partial charge >= 0.3 is 0 Å². The summed E-state index contributed by atoms with van der Waals surface area (Å²) in [6.45, 7) is 2.14. The van der Waals surface area contributed by atoms with Crippen molar-refractivity contribution < 1.29 is 17.5 Å². The van der Waals surface area contributed by atoms with Crippen LogP contribution in [0, 0.1) is 11.7 Å². The smallest absolute Gasteiger partial charge is 0.274 e. The Bertz CT molecular complexity index is 532. The molecule has 1 heterocycles. The van der Waals surface area contributed by atoms with Crippen molar-refractivity contribution in [1.29, 1.82) is 0 Å². The summed E-state index contributed by atoms with van der Waals surface area (Å²) in [7, 11) is -3.81. The minimum Gasteiger partial charge on any atom is -0.493 e. The lowest BCUT2D eigenvalue weighted by molar-refractivity contribution is 0.199. The predicted molar refractivity (Wildman–Crippen MR) is 60.0 cm³/mol. The summed E-state index contributed by atoms with van der Waals surface area (Å²) >= 11 is 0. The highest BCUT2D eigenvalue weighted by atomic mass is 32.2. The van der Waals surface area contributed by atoms with Crippen LogP contribution in [0.15, 0.2) is 18.2 Å². The molecule has 0 spiro atoms. The first kappa shape index (κ1) is 12.3. The first-order chi connectivity index (χ1) is 7.87. The van der Waals surface area contributed by atoms with E-state index in [1.54, 1.807) is 0 Å². The van der Waals surface area contributed by atoms with Crippen LogP contribution in [0.3, 0.4) is 0 Å². The van der Waals surface area contributed by atoms with Crippen LogP contribution in [-0.4, -0.2) is 15.0 Å². The molecular weight excluding hydrogens is 247 g/mol. The summed E-state index contributed by atoms with van der Waals surface area (Å²) in [5.74, 6) is -0.150. The quantitative estimate of drug-likeness (QED) is 0.820. The number of benzene rings is 1. The molecule has 0 aliphatic carbocycles. The van der Waals surface area contributed by atoms with Gasteiger partial charge in [0.2, 0.25) is 0 Å². The van der Waals surface area contributed by atoms with Crippen molar-refractivity contribution in [3.8, 4) is 5.75 Å². The van der Waals surface area contributed by atoms with Crippen molar-refractivity contribution in [2.45, 2.75) is 13.0 Å². The second-order valence-corrected chi connectivity index (χ2v) is 5.44. The summed E-state index contributed by atoms with van der Waals surface area (Å²) in [6.07, 6.45) is 0. The van der Waals surface area contributed by atoms with Crippen LogP contribution in [0.1, 0.15) is 18.5 Å². The molecule has 7 heteroatoms. The fourth-order valence-corrected chi connectivity index (χ4v) is 2.58. The Hall–Kier alpha value is -1.18. The topological polar surface area (TPSA) is 81.4 Å². The van der Waals surface area contributed by atoms with E-state index in [0.717, 1.165) is 0 Å². The van der Waals surface area contributed by atoms with Gasteiger partial charge in [-0.3, -0.25) is 0 Å². The molecule has 2 rings (SSSR count). The molecule has 17 heavy (non-hydrogen) atoms. The van der Waals surface area contributed by atoms with E-state index >= 15 is 0 Å². The molecule has 0 aromatic heterocycles. The zero-order valence-corrected chi connectivity index (χ0v) is 10.00. The minimum absolute atomic E-state index is 0.0775. The van der Waals surface area contributed by atoms with E-state index in [1.807, 2.05) is 6.92 Å². The van der Waals surface area contributed by atoms with Gasteiger partial charge < -0.3 is 4.74 Å². The summed E-state index contributed by atoms with van der Waals surface area (Å²) < 4.78 is 42.8. The molecule has 1 aromatic carbocycles. The average molecular weight is 260 g/mol. The molecule has 0 radical (unpaired) electrons. The fraction of sp³-hybridized carbons (Fsp3) is 0.400. The maximum atomic E-state index is 13.0. The zero-order valence-electron chi connectivity index (χ0n) is 9.18. The normalized spacial score (nSPS) is 23.9. The summed E-state index contributed by atoms with van der Waals surface area (Å²) in [6, 6.07) is 3.51. The molecule has 1 aliphatic rings. The lowest BCUT2D eigenvalue weighted by Crippen LogP contribution is -2.40. The average Bonchev–Trinajstić information content (AvgIpc) is 2.21. The summed E-state index contributed by atoms with van der Waals surface area (Å²) in [5.41, 5.74) is 0.596. The Morgan fingerprint density at radius 3 is 2.88 bits per heavy atom. The highest BCUT2D eigenvalue weighted by molar-refractivity contribution is 7.87. The molecule has 0 bridgehead atoms. The van der Waals surface area contributed by atoms with Crippen LogP contribution in [0.5, 0.6) is 5.75 Å². The van der Waals surface area contributed by atoms with Gasteiger partial charge in [-0.05, 0) is 6.07 Å². The van der Waals surface area contributed by atoms with Gasteiger partial charge in [0.05, 0.1) is 12.6 Å². The lowest BCUT2D eigenvalue weighted by atomic mass is 9.93. The first-order valence-electron chi connectivity index (χ1n) is 5.09. The van der Waals surface area contributed by atoms with E-state index in [9.17, 15) is 12.8 Å². The minimum atomic E-state index is -3.81. The number of fused-ring (bicyclic) bond motifs is 1. The van der Waals surface area contributed by atoms with Gasteiger partial charge in [0.15, 0.2) is 0 Å². The third-order valence-electron chi connectivity index (χ3n) is 2.67. The van der Waals surface area contributed by atoms with Crippen LogP contribution in [0.2, 0.25) is 0 Å². The Morgan fingerprint density at radius 1 is 1.53 bits per heavy atom. The van der Waals surface area contributed by atoms with Crippen molar-refractivity contribution in [1.82, 2.24) is 4.72 Å². The molecule has 94 valence electrons. The Balaban J connectivity index is 2.40. The van der Waals surface area contributed by atoms with E-state index in [1.165, 1.54) is 18.2 Å². The van der Waals surface area contributed by atoms with E-state index < -0.39 is 22.1 Å². The molecule has 3 N–H and O–H groups in total. The highest BCUT2D eigenvalue weighted by Crippen LogP contribution is 2.35. The third-order valence-corrected chi connectivity index (χ3v) is 3.26. The van der Waals surface area contributed by atoms with E-state index in [4.69, 9.17) is 9.88 Å². The lowest BCUT2D eigenvalue weighted by Gasteiger charge is -2.31. The largest absolute Gasteiger partial charge is 0.493 e. The van der Waals surface area contributed by atoms with Gasteiger partial charge in [-0.1, -0.05) is 13.0 Å². The first-order valence-corrected chi connectivity index (χ1v) is 6.64. The number of halogens is 1. The number of hydrogen-bond donors (Lipinski definition) is 2.